The van der Waals surface area contributed by atoms with Crippen molar-refractivity contribution in [2.75, 3.05) is 26.2 Å². The number of methoxy groups -OCH3 is 3. The molecule has 0 unspecified atom stereocenters. The summed E-state index contributed by atoms with van der Waals surface area (Å²) in [6.07, 6.45) is 3.80. The van der Waals surface area contributed by atoms with Gasteiger partial charge in [0.2, 0.25) is 0 Å². The molecule has 1 saturated heterocycles. The minimum atomic E-state index is -1.58. The minimum absolute atomic E-state index is 0.293. The first kappa shape index (κ1) is 23.0. The van der Waals surface area contributed by atoms with Crippen LogP contribution in [0.1, 0.15) is 37.8 Å². The van der Waals surface area contributed by atoms with E-state index in [-0.39, 0.29) is 11.6 Å². The molecule has 0 amide bonds. The van der Waals surface area contributed by atoms with E-state index >= 15 is 0 Å². The van der Waals surface area contributed by atoms with Gasteiger partial charge in [0.15, 0.2) is 23.1 Å². The first-order valence-electron chi connectivity index (χ1n) is 12.0. The maximum absolute atomic E-state index is 14.4. The van der Waals surface area contributed by atoms with Gasteiger partial charge in [0.1, 0.15) is 11.5 Å². The number of anilines is 1. The second-order valence-electron chi connectivity index (χ2n) is 9.40. The van der Waals surface area contributed by atoms with Crippen molar-refractivity contribution in [2.24, 2.45) is 5.41 Å². The third-order valence-corrected chi connectivity index (χ3v) is 7.92. The Bertz CT molecular complexity index is 1460. The molecular weight excluding hydrogens is 470 g/mol. The number of para-hydroxylation sites is 1. The largest absolute Gasteiger partial charge is 0.493 e. The van der Waals surface area contributed by atoms with Crippen molar-refractivity contribution < 1.29 is 28.6 Å². The molecule has 3 aromatic rings. The number of ketones is 2. The zero-order valence-corrected chi connectivity index (χ0v) is 20.6. The average molecular weight is 496 g/mol. The Balaban J connectivity index is 1.68. The van der Waals surface area contributed by atoms with Crippen LogP contribution >= 0.6 is 0 Å². The second-order valence-corrected chi connectivity index (χ2v) is 9.40. The lowest BCUT2D eigenvalue weighted by Crippen LogP contribution is -2.48. The average Bonchev–Trinajstić information content (AvgIpc) is 3.38. The summed E-state index contributed by atoms with van der Waals surface area (Å²) in [6, 6.07) is 18.2. The topological polar surface area (TPSA) is 82.1 Å². The Morgan fingerprint density at radius 2 is 1.49 bits per heavy atom. The molecule has 0 N–H and O–H groups in total. The summed E-state index contributed by atoms with van der Waals surface area (Å²) in [7, 11) is 4.38. The summed E-state index contributed by atoms with van der Waals surface area (Å²) in [5.41, 5.74) is 1.44. The number of benzene rings is 3. The van der Waals surface area contributed by atoms with Crippen LogP contribution in [0.2, 0.25) is 0 Å². The van der Waals surface area contributed by atoms with Gasteiger partial charge >= 0.3 is 5.97 Å². The van der Waals surface area contributed by atoms with Gasteiger partial charge < -0.3 is 19.1 Å². The SMILES string of the molecule is COC(=O)[C@H]1[C@H](c2ccc(OC)c(OC)c2)C2(C(=O)c3ccccc3C2=O)[C@H]2C=Cc3ccccc3N12. The number of esters is 1. The number of Topliss-reactive ketones (excluding diaryl/α,β-unsaturated/α-hetero) is 2. The van der Waals surface area contributed by atoms with Gasteiger partial charge in [0.25, 0.3) is 0 Å². The third-order valence-electron chi connectivity index (χ3n) is 7.92. The Morgan fingerprint density at radius 3 is 2.14 bits per heavy atom. The minimum Gasteiger partial charge on any atom is -0.493 e. The fraction of sp³-hybridized carbons (Fsp3) is 0.233. The molecule has 0 aromatic heterocycles. The number of hydrogen-bond donors (Lipinski definition) is 0. The number of ether oxygens (including phenoxy) is 3. The van der Waals surface area contributed by atoms with E-state index in [4.69, 9.17) is 14.2 Å². The van der Waals surface area contributed by atoms with Crippen LogP contribution in [0.15, 0.2) is 72.8 Å². The molecule has 186 valence electrons. The number of rotatable bonds is 4. The summed E-state index contributed by atoms with van der Waals surface area (Å²) in [4.78, 5) is 44.3. The van der Waals surface area contributed by atoms with Crippen molar-refractivity contribution >= 4 is 29.3 Å². The van der Waals surface area contributed by atoms with Crippen LogP contribution in [0.5, 0.6) is 11.5 Å². The molecule has 3 aromatic carbocycles. The molecule has 37 heavy (non-hydrogen) atoms. The quantitative estimate of drug-likeness (QED) is 0.394. The van der Waals surface area contributed by atoms with Crippen LogP contribution in [0, 0.1) is 5.41 Å². The van der Waals surface area contributed by atoms with E-state index in [0.29, 0.717) is 28.2 Å². The van der Waals surface area contributed by atoms with Crippen LogP contribution < -0.4 is 14.4 Å². The maximum atomic E-state index is 14.4. The Kier molecular flexibility index (Phi) is 5.19. The molecule has 6 rings (SSSR count). The molecule has 0 saturated carbocycles. The van der Waals surface area contributed by atoms with Gasteiger partial charge in [-0.1, -0.05) is 60.7 Å². The first-order valence-corrected chi connectivity index (χ1v) is 12.0. The maximum Gasteiger partial charge on any atom is 0.329 e. The highest BCUT2D eigenvalue weighted by atomic mass is 16.5. The predicted octanol–water partition coefficient (Wildman–Crippen LogP) is 4.31. The Labute approximate surface area is 214 Å². The van der Waals surface area contributed by atoms with Crippen LogP contribution in [0.3, 0.4) is 0 Å². The molecule has 3 atom stereocenters. The number of fused-ring (bicyclic) bond motifs is 5. The summed E-state index contributed by atoms with van der Waals surface area (Å²) in [5.74, 6) is -1.02. The van der Waals surface area contributed by atoms with Gasteiger partial charge in [0, 0.05) is 22.7 Å². The Morgan fingerprint density at radius 1 is 0.838 bits per heavy atom. The van der Waals surface area contributed by atoms with Crippen LogP contribution in [-0.4, -0.2) is 50.9 Å². The van der Waals surface area contributed by atoms with E-state index in [2.05, 4.69) is 0 Å². The van der Waals surface area contributed by atoms with Gasteiger partial charge in [0.05, 0.1) is 27.4 Å². The summed E-state index contributed by atoms with van der Waals surface area (Å²) >= 11 is 0. The monoisotopic (exact) mass is 495 g/mol. The molecule has 3 aliphatic rings. The van der Waals surface area contributed by atoms with Gasteiger partial charge in [-0.3, -0.25) is 9.59 Å². The van der Waals surface area contributed by atoms with Crippen LogP contribution in [-0.2, 0) is 9.53 Å². The molecule has 1 fully saturated rings. The normalized spacial score (nSPS) is 22.5. The van der Waals surface area contributed by atoms with Crippen molar-refractivity contribution in [2.45, 2.75) is 18.0 Å². The molecule has 2 aliphatic heterocycles. The summed E-state index contributed by atoms with van der Waals surface area (Å²) in [5, 5.41) is 0. The number of nitrogens with zero attached hydrogens (tertiary/aromatic N) is 1. The van der Waals surface area contributed by atoms with Crippen LogP contribution in [0.25, 0.3) is 6.08 Å². The predicted molar refractivity (Wildman–Crippen MR) is 137 cm³/mol. The van der Waals surface area contributed by atoms with Crippen molar-refractivity contribution in [3.8, 4) is 11.5 Å². The van der Waals surface area contributed by atoms with Crippen molar-refractivity contribution in [3.05, 3.63) is 95.1 Å². The summed E-state index contributed by atoms with van der Waals surface area (Å²) in [6.45, 7) is 0. The molecule has 7 heteroatoms. The number of carbonyl (C=O) groups excluding carboxylic acids is 3. The van der Waals surface area contributed by atoms with Gasteiger partial charge in [-0.25, -0.2) is 4.79 Å². The zero-order chi connectivity index (χ0) is 25.9. The molecule has 1 spiro atoms. The molecule has 0 bridgehead atoms. The van der Waals surface area contributed by atoms with Gasteiger partial charge in [-0.2, -0.15) is 0 Å². The first-order chi connectivity index (χ1) is 18.0. The van der Waals surface area contributed by atoms with Crippen molar-refractivity contribution in [1.82, 2.24) is 0 Å². The lowest BCUT2D eigenvalue weighted by atomic mass is 9.64. The molecular formula is C30H25NO6. The Hall–Kier alpha value is -4.39. The van der Waals surface area contributed by atoms with Gasteiger partial charge in [-0.05, 0) is 29.3 Å². The molecule has 1 aliphatic carbocycles. The van der Waals surface area contributed by atoms with E-state index in [9.17, 15) is 14.4 Å². The highest BCUT2D eigenvalue weighted by Crippen LogP contribution is 2.61. The van der Waals surface area contributed by atoms with E-state index < -0.39 is 29.4 Å². The van der Waals surface area contributed by atoms with E-state index in [1.807, 2.05) is 41.3 Å². The molecule has 2 heterocycles. The van der Waals surface area contributed by atoms with E-state index in [0.717, 1.165) is 11.3 Å². The number of hydrogen-bond acceptors (Lipinski definition) is 7. The van der Waals surface area contributed by atoms with Crippen molar-refractivity contribution in [1.29, 1.82) is 0 Å². The molecule has 7 nitrogen and oxygen atoms in total. The standard InChI is InChI=1S/C30H25NO6/c1-35-22-14-12-18(16-23(22)36-2)25-26(29(34)37-3)31-21-11-7-4-8-17(21)13-15-24(31)30(25)27(32)19-9-5-6-10-20(19)28(30)33/h4-16,24-26H,1-3H3/t24-,25+,26-/m1/s1. The summed E-state index contributed by atoms with van der Waals surface area (Å²) < 4.78 is 16.3. The van der Waals surface area contributed by atoms with Crippen molar-refractivity contribution in [3.63, 3.8) is 0 Å². The smallest absolute Gasteiger partial charge is 0.329 e. The van der Waals surface area contributed by atoms with E-state index in [1.165, 1.54) is 21.3 Å². The van der Waals surface area contributed by atoms with E-state index in [1.54, 1.807) is 42.5 Å². The van der Waals surface area contributed by atoms with Crippen LogP contribution in [0.4, 0.5) is 5.69 Å². The fourth-order valence-electron chi connectivity index (χ4n) is 6.43. The fourth-order valence-corrected chi connectivity index (χ4v) is 6.43. The highest BCUT2D eigenvalue weighted by Gasteiger charge is 2.72. The second kappa shape index (κ2) is 8.34. The zero-order valence-electron chi connectivity index (χ0n) is 20.6. The number of carbonyl (C=O) groups is 3. The third kappa shape index (κ3) is 2.91. The van der Waals surface area contributed by atoms with Gasteiger partial charge in [-0.15, -0.1) is 0 Å². The lowest BCUT2D eigenvalue weighted by Gasteiger charge is -2.36. The molecule has 0 radical (unpaired) electrons. The lowest BCUT2D eigenvalue weighted by molar-refractivity contribution is -0.142. The highest BCUT2D eigenvalue weighted by molar-refractivity contribution is 6.32.